The first kappa shape index (κ1) is 14.2. The normalized spacial score (nSPS) is 18.0. The first-order valence-electron chi connectivity index (χ1n) is 6.87. The number of ketones is 1. The minimum absolute atomic E-state index is 0.0509. The molecule has 2 rings (SSSR count). The van der Waals surface area contributed by atoms with Gasteiger partial charge in [0.05, 0.1) is 11.1 Å². The lowest BCUT2D eigenvalue weighted by Crippen LogP contribution is -2.49. The van der Waals surface area contributed by atoms with E-state index in [1.165, 1.54) is 6.07 Å². The molecular formula is C16H22FNO. The van der Waals surface area contributed by atoms with Crippen LogP contribution in [-0.4, -0.2) is 30.3 Å². The van der Waals surface area contributed by atoms with Crippen molar-refractivity contribution in [3.63, 3.8) is 0 Å². The van der Waals surface area contributed by atoms with Gasteiger partial charge < -0.3 is 0 Å². The number of carbonyl (C=O) groups excluding carboxylic acids is 1. The Bertz CT molecular complexity index is 478. The standard InChI is InChI=1S/C16H22FNO/c1-11-9-12(2)14(13(17)10-11)15(19)16(18(3)4)7-5-6-8-16/h9-10H,5-8H2,1-4H3. The second kappa shape index (κ2) is 5.04. The summed E-state index contributed by atoms with van der Waals surface area (Å²) in [5, 5.41) is 0. The second-order valence-corrected chi connectivity index (χ2v) is 5.90. The van der Waals surface area contributed by atoms with Gasteiger partial charge >= 0.3 is 0 Å². The predicted molar refractivity (Wildman–Crippen MR) is 75.1 cm³/mol. The van der Waals surface area contributed by atoms with Crippen LogP contribution in [0.4, 0.5) is 4.39 Å². The van der Waals surface area contributed by atoms with E-state index in [-0.39, 0.29) is 17.2 Å². The summed E-state index contributed by atoms with van der Waals surface area (Å²) in [7, 11) is 3.84. The molecule has 1 aromatic rings. The van der Waals surface area contributed by atoms with Gasteiger partial charge in [0.2, 0.25) is 0 Å². The smallest absolute Gasteiger partial charge is 0.186 e. The van der Waals surface area contributed by atoms with Gasteiger partial charge in [-0.25, -0.2) is 4.39 Å². The third-order valence-electron chi connectivity index (χ3n) is 4.37. The van der Waals surface area contributed by atoms with Crippen LogP contribution in [0.25, 0.3) is 0 Å². The minimum Gasteiger partial charge on any atom is -0.297 e. The zero-order valence-electron chi connectivity index (χ0n) is 12.2. The largest absolute Gasteiger partial charge is 0.297 e. The lowest BCUT2D eigenvalue weighted by molar-refractivity contribution is 0.0688. The van der Waals surface area contributed by atoms with Crippen LogP contribution >= 0.6 is 0 Å². The summed E-state index contributed by atoms with van der Waals surface area (Å²) in [6.07, 6.45) is 3.73. The summed E-state index contributed by atoms with van der Waals surface area (Å²) in [6.45, 7) is 3.67. The highest BCUT2D eigenvalue weighted by Crippen LogP contribution is 2.37. The maximum absolute atomic E-state index is 14.2. The van der Waals surface area contributed by atoms with Crippen molar-refractivity contribution in [3.8, 4) is 0 Å². The fourth-order valence-electron chi connectivity index (χ4n) is 3.27. The maximum atomic E-state index is 14.2. The van der Waals surface area contributed by atoms with Crippen molar-refractivity contribution < 1.29 is 9.18 Å². The van der Waals surface area contributed by atoms with Crippen LogP contribution in [-0.2, 0) is 0 Å². The Hall–Kier alpha value is -1.22. The lowest BCUT2D eigenvalue weighted by atomic mass is 9.84. The summed E-state index contributed by atoms with van der Waals surface area (Å²) in [6, 6.07) is 3.34. The third kappa shape index (κ3) is 2.32. The molecule has 1 aliphatic rings. The molecule has 0 saturated heterocycles. The molecule has 1 aromatic carbocycles. The zero-order valence-corrected chi connectivity index (χ0v) is 12.2. The first-order chi connectivity index (χ1) is 8.88. The zero-order chi connectivity index (χ0) is 14.2. The van der Waals surface area contributed by atoms with Crippen molar-refractivity contribution in [3.05, 3.63) is 34.6 Å². The Morgan fingerprint density at radius 1 is 1.21 bits per heavy atom. The van der Waals surface area contributed by atoms with Gasteiger partial charge in [0.1, 0.15) is 5.82 Å². The molecule has 0 unspecified atom stereocenters. The van der Waals surface area contributed by atoms with E-state index in [0.29, 0.717) is 0 Å². The highest BCUT2D eigenvalue weighted by atomic mass is 19.1. The second-order valence-electron chi connectivity index (χ2n) is 5.90. The van der Waals surface area contributed by atoms with E-state index in [1.54, 1.807) is 0 Å². The van der Waals surface area contributed by atoms with E-state index in [0.717, 1.165) is 36.8 Å². The molecule has 0 heterocycles. The molecule has 0 amide bonds. The highest BCUT2D eigenvalue weighted by Gasteiger charge is 2.44. The van der Waals surface area contributed by atoms with Crippen LogP contribution in [0.5, 0.6) is 0 Å². The topological polar surface area (TPSA) is 20.3 Å². The fourth-order valence-corrected chi connectivity index (χ4v) is 3.27. The summed E-state index contributed by atoms with van der Waals surface area (Å²) >= 11 is 0. The van der Waals surface area contributed by atoms with Crippen LogP contribution in [0.2, 0.25) is 0 Å². The molecule has 0 radical (unpaired) electrons. The van der Waals surface area contributed by atoms with Gasteiger partial charge in [0.15, 0.2) is 5.78 Å². The number of halogens is 1. The number of carbonyl (C=O) groups is 1. The average Bonchev–Trinajstić information content (AvgIpc) is 2.77. The van der Waals surface area contributed by atoms with E-state index in [2.05, 4.69) is 0 Å². The Balaban J connectivity index is 2.49. The fraction of sp³-hybridized carbons (Fsp3) is 0.562. The van der Waals surface area contributed by atoms with Gasteiger partial charge in [0, 0.05) is 0 Å². The predicted octanol–water partition coefficient (Wildman–Crippen LogP) is 3.50. The number of Topliss-reactive ketones (excluding diaryl/α,β-unsaturated/α-hetero) is 1. The summed E-state index contributed by atoms with van der Waals surface area (Å²) in [5.41, 5.74) is 1.37. The Kier molecular flexibility index (Phi) is 3.77. The molecule has 2 nitrogen and oxygen atoms in total. The number of aryl methyl sites for hydroxylation is 2. The first-order valence-corrected chi connectivity index (χ1v) is 6.87. The molecule has 1 aliphatic carbocycles. The van der Waals surface area contributed by atoms with Gasteiger partial charge in [-0.3, -0.25) is 9.69 Å². The summed E-state index contributed by atoms with van der Waals surface area (Å²) in [5.74, 6) is -0.430. The maximum Gasteiger partial charge on any atom is 0.186 e. The van der Waals surface area contributed by atoms with Crippen LogP contribution < -0.4 is 0 Å². The molecule has 0 spiro atoms. The van der Waals surface area contributed by atoms with Gasteiger partial charge in [-0.2, -0.15) is 0 Å². The number of benzene rings is 1. The molecule has 1 fully saturated rings. The van der Waals surface area contributed by atoms with Crippen LogP contribution in [0, 0.1) is 19.7 Å². The number of rotatable bonds is 3. The van der Waals surface area contributed by atoms with E-state index in [9.17, 15) is 9.18 Å². The number of likely N-dealkylation sites (N-methyl/N-ethyl adjacent to an activating group) is 1. The minimum atomic E-state index is -0.513. The third-order valence-corrected chi connectivity index (χ3v) is 4.37. The van der Waals surface area contributed by atoms with Gasteiger partial charge in [-0.1, -0.05) is 18.9 Å². The van der Waals surface area contributed by atoms with Crippen molar-refractivity contribution in [2.24, 2.45) is 0 Å². The van der Waals surface area contributed by atoms with E-state index in [1.807, 2.05) is 38.9 Å². The SMILES string of the molecule is Cc1cc(C)c(C(=O)C2(N(C)C)CCCC2)c(F)c1. The van der Waals surface area contributed by atoms with Gasteiger partial charge in [-0.15, -0.1) is 0 Å². The number of nitrogens with zero attached hydrogens (tertiary/aromatic N) is 1. The monoisotopic (exact) mass is 263 g/mol. The van der Waals surface area contributed by atoms with Gasteiger partial charge in [0.25, 0.3) is 0 Å². The molecule has 19 heavy (non-hydrogen) atoms. The number of hydrogen-bond acceptors (Lipinski definition) is 2. The van der Waals surface area contributed by atoms with Crippen molar-refractivity contribution in [1.82, 2.24) is 4.90 Å². The van der Waals surface area contributed by atoms with Crippen LogP contribution in [0.1, 0.15) is 47.2 Å². The average molecular weight is 263 g/mol. The van der Waals surface area contributed by atoms with E-state index in [4.69, 9.17) is 0 Å². The molecule has 104 valence electrons. The van der Waals surface area contributed by atoms with Crippen molar-refractivity contribution in [2.45, 2.75) is 45.1 Å². The lowest BCUT2D eigenvalue weighted by Gasteiger charge is -2.35. The van der Waals surface area contributed by atoms with Crippen molar-refractivity contribution in [2.75, 3.05) is 14.1 Å². The molecule has 0 N–H and O–H groups in total. The van der Waals surface area contributed by atoms with Crippen LogP contribution in [0.3, 0.4) is 0 Å². The molecule has 1 saturated carbocycles. The number of hydrogen-bond donors (Lipinski definition) is 0. The molecule has 0 aromatic heterocycles. The Labute approximate surface area is 114 Å². The molecule has 0 atom stereocenters. The van der Waals surface area contributed by atoms with Crippen molar-refractivity contribution >= 4 is 5.78 Å². The molecular weight excluding hydrogens is 241 g/mol. The molecule has 0 bridgehead atoms. The van der Waals surface area contributed by atoms with E-state index < -0.39 is 5.54 Å². The summed E-state index contributed by atoms with van der Waals surface area (Å²) < 4.78 is 14.2. The molecule has 3 heteroatoms. The van der Waals surface area contributed by atoms with Crippen molar-refractivity contribution in [1.29, 1.82) is 0 Å². The quantitative estimate of drug-likeness (QED) is 0.778. The molecule has 0 aliphatic heterocycles. The Morgan fingerprint density at radius 2 is 1.79 bits per heavy atom. The summed E-state index contributed by atoms with van der Waals surface area (Å²) in [4.78, 5) is 14.9. The highest BCUT2D eigenvalue weighted by molar-refractivity contribution is 6.04. The Morgan fingerprint density at radius 3 is 2.26 bits per heavy atom. The van der Waals surface area contributed by atoms with Crippen LogP contribution in [0.15, 0.2) is 12.1 Å². The van der Waals surface area contributed by atoms with E-state index >= 15 is 0 Å². The van der Waals surface area contributed by atoms with Gasteiger partial charge in [-0.05, 0) is 58.0 Å².